The predicted molar refractivity (Wildman–Crippen MR) is 93.3 cm³/mol. The number of nitrogens with zero attached hydrogens (tertiary/aromatic N) is 1. The van der Waals surface area contributed by atoms with Gasteiger partial charge >= 0.3 is 0 Å². The van der Waals surface area contributed by atoms with Crippen molar-refractivity contribution in [3.8, 4) is 0 Å². The molecule has 23 heavy (non-hydrogen) atoms. The number of hydrogen-bond acceptors (Lipinski definition) is 2. The van der Waals surface area contributed by atoms with Gasteiger partial charge < -0.3 is 10.2 Å². The normalized spacial score (nSPS) is 10.3. The van der Waals surface area contributed by atoms with Crippen LogP contribution in [0.2, 0.25) is 10.0 Å². The van der Waals surface area contributed by atoms with E-state index in [0.29, 0.717) is 26.9 Å². The number of nitrogens with one attached hydrogen (secondary N) is 1. The van der Waals surface area contributed by atoms with Crippen LogP contribution < -0.4 is 5.32 Å². The molecular formula is C17H16Cl2N2O2. The van der Waals surface area contributed by atoms with Crippen LogP contribution in [-0.4, -0.2) is 30.8 Å². The number of carbonyl (C=O) groups is 2. The van der Waals surface area contributed by atoms with Crippen LogP contribution in [0.15, 0.2) is 42.5 Å². The lowest BCUT2D eigenvalue weighted by Crippen LogP contribution is -2.21. The quantitative estimate of drug-likeness (QED) is 0.909. The molecule has 0 radical (unpaired) electrons. The topological polar surface area (TPSA) is 49.4 Å². The Morgan fingerprint density at radius 2 is 1.57 bits per heavy atom. The van der Waals surface area contributed by atoms with Crippen LogP contribution in [0.25, 0.3) is 0 Å². The summed E-state index contributed by atoms with van der Waals surface area (Å²) >= 11 is 12.1. The lowest BCUT2D eigenvalue weighted by atomic mass is 10.1. The van der Waals surface area contributed by atoms with Gasteiger partial charge in [-0.05, 0) is 42.0 Å². The van der Waals surface area contributed by atoms with Gasteiger partial charge in [0.15, 0.2) is 0 Å². The molecule has 0 saturated heterocycles. The standard InChI is InChI=1S/C17H16Cl2N2O2/c1-21(2)17(23)11-6-8-12(9-7-11)20-16(22)10-13-14(18)4-3-5-15(13)19/h3-9H,10H2,1-2H3,(H,20,22). The van der Waals surface area contributed by atoms with E-state index < -0.39 is 0 Å². The third kappa shape index (κ3) is 4.47. The molecule has 120 valence electrons. The maximum Gasteiger partial charge on any atom is 0.253 e. The molecule has 0 aliphatic rings. The first-order valence-corrected chi connectivity index (χ1v) is 7.68. The molecule has 0 spiro atoms. The molecule has 0 unspecified atom stereocenters. The minimum Gasteiger partial charge on any atom is -0.345 e. The third-order valence-electron chi connectivity index (χ3n) is 3.22. The van der Waals surface area contributed by atoms with Crippen molar-refractivity contribution < 1.29 is 9.59 Å². The number of halogens is 2. The van der Waals surface area contributed by atoms with Crippen molar-refractivity contribution in [1.82, 2.24) is 4.90 Å². The molecule has 6 heteroatoms. The zero-order chi connectivity index (χ0) is 17.0. The summed E-state index contributed by atoms with van der Waals surface area (Å²) in [4.78, 5) is 25.4. The first-order valence-electron chi connectivity index (χ1n) is 6.93. The highest BCUT2D eigenvalue weighted by Crippen LogP contribution is 2.25. The second kappa shape index (κ2) is 7.49. The van der Waals surface area contributed by atoms with Crippen LogP contribution >= 0.6 is 23.2 Å². The molecule has 0 aromatic heterocycles. The fourth-order valence-electron chi connectivity index (χ4n) is 2.02. The van der Waals surface area contributed by atoms with Crippen LogP contribution in [0.3, 0.4) is 0 Å². The van der Waals surface area contributed by atoms with E-state index in [-0.39, 0.29) is 18.2 Å². The van der Waals surface area contributed by atoms with E-state index in [0.717, 1.165) is 0 Å². The smallest absolute Gasteiger partial charge is 0.253 e. The lowest BCUT2D eigenvalue weighted by molar-refractivity contribution is -0.115. The van der Waals surface area contributed by atoms with Crippen molar-refractivity contribution in [1.29, 1.82) is 0 Å². The van der Waals surface area contributed by atoms with Gasteiger partial charge in [-0.2, -0.15) is 0 Å². The molecule has 1 N–H and O–H groups in total. The Bertz CT molecular complexity index is 708. The molecule has 2 aromatic rings. The number of anilines is 1. The molecule has 0 heterocycles. The Labute approximate surface area is 145 Å². The largest absolute Gasteiger partial charge is 0.345 e. The molecule has 2 rings (SSSR count). The molecule has 0 aliphatic carbocycles. The van der Waals surface area contributed by atoms with Crippen molar-refractivity contribution in [3.05, 3.63) is 63.6 Å². The van der Waals surface area contributed by atoms with Gasteiger partial charge in [-0.1, -0.05) is 29.3 Å². The summed E-state index contributed by atoms with van der Waals surface area (Å²) in [5.41, 5.74) is 1.75. The Kier molecular flexibility index (Phi) is 5.64. The summed E-state index contributed by atoms with van der Waals surface area (Å²) in [6, 6.07) is 11.8. The van der Waals surface area contributed by atoms with Gasteiger partial charge in [-0.15, -0.1) is 0 Å². The summed E-state index contributed by atoms with van der Waals surface area (Å²) in [6.07, 6.45) is 0.0802. The fraction of sp³-hybridized carbons (Fsp3) is 0.176. The first-order chi connectivity index (χ1) is 10.9. The third-order valence-corrected chi connectivity index (χ3v) is 3.93. The zero-order valence-corrected chi connectivity index (χ0v) is 14.3. The molecule has 0 bridgehead atoms. The van der Waals surface area contributed by atoms with Gasteiger partial charge in [0.05, 0.1) is 6.42 Å². The second-order valence-electron chi connectivity index (χ2n) is 5.20. The Hall–Kier alpha value is -2.04. The monoisotopic (exact) mass is 350 g/mol. The van der Waals surface area contributed by atoms with Crippen LogP contribution in [0.1, 0.15) is 15.9 Å². The molecule has 2 aromatic carbocycles. The minimum atomic E-state index is -0.230. The predicted octanol–water partition coefficient (Wildman–Crippen LogP) is 3.88. The Balaban J connectivity index is 2.05. The lowest BCUT2D eigenvalue weighted by Gasteiger charge is -2.11. The highest BCUT2D eigenvalue weighted by Gasteiger charge is 2.12. The Morgan fingerprint density at radius 3 is 2.09 bits per heavy atom. The van der Waals surface area contributed by atoms with Gasteiger partial charge in [0.25, 0.3) is 5.91 Å². The number of rotatable bonds is 4. The van der Waals surface area contributed by atoms with Gasteiger partial charge in [0.2, 0.25) is 5.91 Å². The Morgan fingerprint density at radius 1 is 1.00 bits per heavy atom. The van der Waals surface area contributed by atoms with Crippen molar-refractivity contribution in [2.24, 2.45) is 0 Å². The van der Waals surface area contributed by atoms with Crippen molar-refractivity contribution >= 4 is 40.7 Å². The number of hydrogen-bond donors (Lipinski definition) is 1. The van der Waals surface area contributed by atoms with Crippen molar-refractivity contribution in [3.63, 3.8) is 0 Å². The van der Waals surface area contributed by atoms with Gasteiger partial charge in [-0.3, -0.25) is 9.59 Å². The summed E-state index contributed by atoms with van der Waals surface area (Å²) in [6.45, 7) is 0. The van der Waals surface area contributed by atoms with Crippen molar-refractivity contribution in [2.75, 3.05) is 19.4 Å². The number of carbonyl (C=O) groups excluding carboxylic acids is 2. The molecule has 0 saturated carbocycles. The van der Waals surface area contributed by atoms with Crippen LogP contribution in [0.4, 0.5) is 5.69 Å². The maximum atomic E-state index is 12.1. The molecule has 4 nitrogen and oxygen atoms in total. The summed E-state index contributed by atoms with van der Waals surface area (Å²) < 4.78 is 0. The van der Waals surface area contributed by atoms with Gasteiger partial charge in [-0.25, -0.2) is 0 Å². The van der Waals surface area contributed by atoms with E-state index in [4.69, 9.17) is 23.2 Å². The minimum absolute atomic E-state index is 0.0802. The van der Waals surface area contributed by atoms with Gasteiger partial charge in [0.1, 0.15) is 0 Å². The van der Waals surface area contributed by atoms with Crippen molar-refractivity contribution in [2.45, 2.75) is 6.42 Å². The molecular weight excluding hydrogens is 335 g/mol. The van der Waals surface area contributed by atoms with E-state index in [9.17, 15) is 9.59 Å². The van der Waals surface area contributed by atoms with Crippen LogP contribution in [-0.2, 0) is 11.2 Å². The SMILES string of the molecule is CN(C)C(=O)c1ccc(NC(=O)Cc2c(Cl)cccc2Cl)cc1. The van der Waals surface area contributed by atoms with E-state index in [1.165, 1.54) is 4.90 Å². The van der Waals surface area contributed by atoms with Crippen LogP contribution in [0.5, 0.6) is 0 Å². The van der Waals surface area contributed by atoms with E-state index >= 15 is 0 Å². The molecule has 0 aliphatic heterocycles. The summed E-state index contributed by atoms with van der Waals surface area (Å²) in [5.74, 6) is -0.322. The maximum absolute atomic E-state index is 12.1. The summed E-state index contributed by atoms with van der Waals surface area (Å²) in [7, 11) is 3.37. The fourth-order valence-corrected chi connectivity index (χ4v) is 2.55. The summed E-state index contributed by atoms with van der Waals surface area (Å²) in [5, 5.41) is 3.67. The average molecular weight is 351 g/mol. The van der Waals surface area contributed by atoms with E-state index in [2.05, 4.69) is 5.32 Å². The number of benzene rings is 2. The van der Waals surface area contributed by atoms with Crippen LogP contribution in [0, 0.1) is 0 Å². The zero-order valence-electron chi connectivity index (χ0n) is 12.8. The highest BCUT2D eigenvalue weighted by atomic mass is 35.5. The van der Waals surface area contributed by atoms with E-state index in [1.807, 2.05) is 0 Å². The first kappa shape index (κ1) is 17.3. The molecule has 0 fully saturated rings. The van der Waals surface area contributed by atoms with Gasteiger partial charge in [0, 0.05) is 35.4 Å². The molecule has 2 amide bonds. The molecule has 0 atom stereocenters. The second-order valence-corrected chi connectivity index (χ2v) is 6.02. The highest BCUT2D eigenvalue weighted by molar-refractivity contribution is 6.36. The average Bonchev–Trinajstić information content (AvgIpc) is 2.51. The number of amides is 2. The van der Waals surface area contributed by atoms with E-state index in [1.54, 1.807) is 56.6 Å².